The van der Waals surface area contributed by atoms with Gasteiger partial charge in [-0.3, -0.25) is 0 Å². The maximum atomic E-state index is 6.09. The molecule has 1 aromatic carbocycles. The van der Waals surface area contributed by atoms with Crippen LogP contribution in [0.15, 0.2) is 16.6 Å². The molecule has 0 bridgehead atoms. The molecule has 1 heterocycles. The highest BCUT2D eigenvalue weighted by Gasteiger charge is 2.37. The van der Waals surface area contributed by atoms with Gasteiger partial charge in [0.15, 0.2) is 11.5 Å². The van der Waals surface area contributed by atoms with Crippen LogP contribution < -0.4 is 15.2 Å². The van der Waals surface area contributed by atoms with Crippen molar-refractivity contribution in [2.24, 2.45) is 5.73 Å². The summed E-state index contributed by atoms with van der Waals surface area (Å²) < 4.78 is 11.8. The molecule has 3 rings (SSSR count). The summed E-state index contributed by atoms with van der Waals surface area (Å²) in [6.45, 7) is 0.325. The lowest BCUT2D eigenvalue weighted by Crippen LogP contribution is -2.22. The first-order valence-electron chi connectivity index (χ1n) is 5.53. The molecule has 0 atom stereocenters. The number of benzene rings is 1. The van der Waals surface area contributed by atoms with Gasteiger partial charge in [0.05, 0.1) is 0 Å². The molecule has 3 nitrogen and oxygen atoms in total. The summed E-state index contributed by atoms with van der Waals surface area (Å²) in [5.74, 6) is 1.67. The number of halogens is 1. The van der Waals surface area contributed by atoms with Crippen LogP contribution in [0.4, 0.5) is 0 Å². The van der Waals surface area contributed by atoms with Crippen molar-refractivity contribution >= 4 is 15.9 Å². The number of aryl methyl sites for hydroxylation is 1. The summed E-state index contributed by atoms with van der Waals surface area (Å²) in [4.78, 5) is 0. The molecule has 86 valence electrons. The van der Waals surface area contributed by atoms with Gasteiger partial charge in [0.25, 0.3) is 0 Å². The molecular formula is C12H14BrNO2. The van der Waals surface area contributed by atoms with Gasteiger partial charge >= 0.3 is 0 Å². The van der Waals surface area contributed by atoms with Gasteiger partial charge in [0, 0.05) is 10.0 Å². The lowest BCUT2D eigenvalue weighted by Gasteiger charge is -2.10. The molecule has 16 heavy (non-hydrogen) atoms. The maximum absolute atomic E-state index is 6.09. The molecule has 0 aromatic heterocycles. The molecule has 0 amide bonds. The number of hydrogen-bond acceptors (Lipinski definition) is 3. The van der Waals surface area contributed by atoms with Crippen LogP contribution >= 0.6 is 15.9 Å². The van der Waals surface area contributed by atoms with Gasteiger partial charge in [-0.2, -0.15) is 0 Å². The van der Waals surface area contributed by atoms with E-state index in [0.29, 0.717) is 6.79 Å². The fourth-order valence-corrected chi connectivity index (χ4v) is 2.47. The van der Waals surface area contributed by atoms with Gasteiger partial charge in [-0.25, -0.2) is 0 Å². The highest BCUT2D eigenvalue weighted by atomic mass is 79.9. The summed E-state index contributed by atoms with van der Waals surface area (Å²) in [6, 6.07) is 4.03. The monoisotopic (exact) mass is 283 g/mol. The maximum Gasteiger partial charge on any atom is 0.231 e. The van der Waals surface area contributed by atoms with Crippen LogP contribution in [0.25, 0.3) is 0 Å². The Kier molecular flexibility index (Phi) is 2.37. The Labute approximate surface area is 103 Å². The Balaban J connectivity index is 1.78. The fraction of sp³-hybridized carbons (Fsp3) is 0.500. The van der Waals surface area contributed by atoms with Crippen molar-refractivity contribution in [2.75, 3.05) is 6.79 Å². The minimum Gasteiger partial charge on any atom is -0.454 e. The molecule has 2 aliphatic rings. The highest BCUT2D eigenvalue weighted by Crippen LogP contribution is 2.40. The van der Waals surface area contributed by atoms with Gasteiger partial charge in [0.1, 0.15) is 0 Å². The summed E-state index contributed by atoms with van der Waals surface area (Å²) in [5, 5.41) is 0. The molecule has 1 aliphatic heterocycles. The Morgan fingerprint density at radius 1 is 1.25 bits per heavy atom. The molecule has 1 aromatic rings. The molecule has 4 heteroatoms. The quantitative estimate of drug-likeness (QED) is 0.928. The fourth-order valence-electron chi connectivity index (χ4n) is 1.95. The smallest absolute Gasteiger partial charge is 0.231 e. The molecule has 2 N–H and O–H groups in total. The first-order valence-corrected chi connectivity index (χ1v) is 6.33. The van der Waals surface area contributed by atoms with E-state index in [1.54, 1.807) is 0 Å². The lowest BCUT2D eigenvalue weighted by molar-refractivity contribution is 0.174. The second-order valence-electron chi connectivity index (χ2n) is 4.66. The number of nitrogens with two attached hydrogens (primary N) is 1. The van der Waals surface area contributed by atoms with E-state index in [2.05, 4.69) is 22.0 Å². The summed E-state index contributed by atoms with van der Waals surface area (Å²) >= 11 is 3.56. The second-order valence-corrected chi connectivity index (χ2v) is 5.51. The van der Waals surface area contributed by atoms with Crippen molar-refractivity contribution in [3.05, 3.63) is 22.2 Å². The Morgan fingerprint density at radius 3 is 2.62 bits per heavy atom. The number of rotatable bonds is 3. The largest absolute Gasteiger partial charge is 0.454 e. The third-order valence-electron chi connectivity index (χ3n) is 3.33. The zero-order chi connectivity index (χ0) is 11.2. The van der Waals surface area contributed by atoms with Crippen LogP contribution in [-0.2, 0) is 6.42 Å². The van der Waals surface area contributed by atoms with E-state index in [-0.39, 0.29) is 5.54 Å². The minimum atomic E-state index is 0.107. The van der Waals surface area contributed by atoms with E-state index in [4.69, 9.17) is 15.2 Å². The molecule has 0 unspecified atom stereocenters. The first kappa shape index (κ1) is 10.4. The SMILES string of the molecule is NC1(CCc2cc3c(cc2Br)OCO3)CC1. The van der Waals surface area contributed by atoms with Gasteiger partial charge in [-0.1, -0.05) is 15.9 Å². The van der Waals surface area contributed by atoms with Gasteiger partial charge in [-0.15, -0.1) is 0 Å². The molecule has 0 saturated heterocycles. The van der Waals surface area contributed by atoms with Crippen molar-refractivity contribution < 1.29 is 9.47 Å². The highest BCUT2D eigenvalue weighted by molar-refractivity contribution is 9.10. The predicted octanol–water partition coefficient (Wildman–Crippen LogP) is 2.60. The third kappa shape index (κ3) is 1.92. The van der Waals surface area contributed by atoms with Crippen LogP contribution in [0, 0.1) is 0 Å². The Morgan fingerprint density at radius 2 is 1.94 bits per heavy atom. The number of ether oxygens (including phenoxy) is 2. The predicted molar refractivity (Wildman–Crippen MR) is 64.7 cm³/mol. The van der Waals surface area contributed by atoms with E-state index >= 15 is 0 Å². The molecule has 0 spiro atoms. The normalized spacial score (nSPS) is 19.9. The third-order valence-corrected chi connectivity index (χ3v) is 4.06. The van der Waals surface area contributed by atoms with Crippen molar-refractivity contribution in [1.82, 2.24) is 0 Å². The number of fused-ring (bicyclic) bond motifs is 1. The Bertz CT molecular complexity index is 429. The zero-order valence-electron chi connectivity index (χ0n) is 8.96. The number of hydrogen-bond donors (Lipinski definition) is 1. The van der Waals surface area contributed by atoms with Crippen LogP contribution in [0.3, 0.4) is 0 Å². The molecule has 0 radical (unpaired) electrons. The summed E-state index contributed by atoms with van der Waals surface area (Å²) in [6.07, 6.45) is 4.36. The molecule has 1 fully saturated rings. The standard InChI is InChI=1S/C12H14BrNO2/c13-9-6-11-10(15-7-16-11)5-8(9)1-2-12(14)3-4-12/h5-6H,1-4,7,14H2. The summed E-state index contributed by atoms with van der Waals surface area (Å²) in [5.41, 5.74) is 7.44. The van der Waals surface area contributed by atoms with E-state index in [1.165, 1.54) is 5.56 Å². The van der Waals surface area contributed by atoms with Crippen LogP contribution in [-0.4, -0.2) is 12.3 Å². The summed E-state index contributed by atoms with van der Waals surface area (Å²) in [7, 11) is 0. The van der Waals surface area contributed by atoms with Crippen molar-refractivity contribution in [2.45, 2.75) is 31.2 Å². The van der Waals surface area contributed by atoms with Gasteiger partial charge < -0.3 is 15.2 Å². The second kappa shape index (κ2) is 3.64. The lowest BCUT2D eigenvalue weighted by atomic mass is 10.0. The van der Waals surface area contributed by atoms with Crippen molar-refractivity contribution in [1.29, 1.82) is 0 Å². The van der Waals surface area contributed by atoms with Crippen LogP contribution in [0.1, 0.15) is 24.8 Å². The average Bonchev–Trinajstić information content (AvgIpc) is 2.82. The van der Waals surface area contributed by atoms with E-state index in [0.717, 1.165) is 41.7 Å². The van der Waals surface area contributed by atoms with Gasteiger partial charge in [0.2, 0.25) is 6.79 Å². The topological polar surface area (TPSA) is 44.5 Å². The van der Waals surface area contributed by atoms with E-state index in [9.17, 15) is 0 Å². The van der Waals surface area contributed by atoms with Crippen molar-refractivity contribution in [3.63, 3.8) is 0 Å². The van der Waals surface area contributed by atoms with Crippen LogP contribution in [0.5, 0.6) is 11.5 Å². The minimum absolute atomic E-state index is 0.107. The first-order chi connectivity index (χ1) is 7.66. The van der Waals surface area contributed by atoms with Crippen LogP contribution in [0.2, 0.25) is 0 Å². The molecule has 1 saturated carbocycles. The molecular weight excluding hydrogens is 270 g/mol. The van der Waals surface area contributed by atoms with E-state index < -0.39 is 0 Å². The van der Waals surface area contributed by atoms with Gasteiger partial charge in [-0.05, 0) is 43.4 Å². The Hall–Kier alpha value is -0.740. The van der Waals surface area contributed by atoms with Crippen molar-refractivity contribution in [3.8, 4) is 11.5 Å². The zero-order valence-corrected chi connectivity index (χ0v) is 10.5. The van der Waals surface area contributed by atoms with E-state index in [1.807, 2.05) is 6.07 Å². The molecule has 1 aliphatic carbocycles. The average molecular weight is 284 g/mol.